The molecule has 0 spiro atoms. The Balaban J connectivity index is 0.00000312. The highest BCUT2D eigenvalue weighted by molar-refractivity contribution is 14.0. The maximum Gasteiger partial charge on any atom is 0.243 e. The van der Waals surface area contributed by atoms with Crippen molar-refractivity contribution in [3.8, 4) is 0 Å². The van der Waals surface area contributed by atoms with Gasteiger partial charge in [-0.3, -0.25) is 14.8 Å². The molecule has 0 aliphatic heterocycles. The molecule has 2 aromatic rings. The first-order valence-corrected chi connectivity index (χ1v) is 7.79. The van der Waals surface area contributed by atoms with Crippen LogP contribution in [0.4, 0.5) is 5.69 Å². The van der Waals surface area contributed by atoms with Gasteiger partial charge in [-0.05, 0) is 37.1 Å². The Bertz CT molecular complexity index is 719. The number of carbonyl (C=O) groups excluding carboxylic acids is 1. The lowest BCUT2D eigenvalue weighted by molar-refractivity contribution is -0.115. The van der Waals surface area contributed by atoms with Crippen molar-refractivity contribution in [3.63, 3.8) is 0 Å². The number of aliphatic imine (C=N–C) groups is 1. The van der Waals surface area contributed by atoms with Crippen LogP contribution < -0.4 is 16.0 Å². The zero-order valence-corrected chi connectivity index (χ0v) is 17.0. The fourth-order valence-electron chi connectivity index (χ4n) is 2.25. The van der Waals surface area contributed by atoms with Crippen LogP contribution in [0.5, 0.6) is 0 Å². The summed E-state index contributed by atoms with van der Waals surface area (Å²) in [5.41, 5.74) is 4.34. The zero-order chi connectivity index (χ0) is 17.4. The van der Waals surface area contributed by atoms with E-state index in [-0.39, 0.29) is 36.4 Å². The van der Waals surface area contributed by atoms with Gasteiger partial charge in [-0.2, -0.15) is 0 Å². The zero-order valence-electron chi connectivity index (χ0n) is 14.7. The second-order valence-electron chi connectivity index (χ2n) is 5.50. The molecule has 1 amide bonds. The molecule has 0 aliphatic rings. The van der Waals surface area contributed by atoms with Crippen molar-refractivity contribution in [2.24, 2.45) is 4.99 Å². The van der Waals surface area contributed by atoms with E-state index in [4.69, 9.17) is 0 Å². The number of aromatic nitrogens is 1. The number of halogens is 1. The molecule has 1 aromatic carbocycles. The lowest BCUT2D eigenvalue weighted by Gasteiger charge is -2.13. The average Bonchev–Trinajstić information content (AvgIpc) is 2.57. The van der Waals surface area contributed by atoms with Gasteiger partial charge in [-0.1, -0.05) is 23.8 Å². The van der Waals surface area contributed by atoms with Gasteiger partial charge in [0.2, 0.25) is 5.91 Å². The number of rotatable bonds is 5. The number of nitrogens with one attached hydrogen (secondary N) is 3. The lowest BCUT2D eigenvalue weighted by Crippen LogP contribution is -2.41. The van der Waals surface area contributed by atoms with Crippen molar-refractivity contribution in [1.82, 2.24) is 15.6 Å². The van der Waals surface area contributed by atoms with Gasteiger partial charge in [-0.25, -0.2) is 0 Å². The highest BCUT2D eigenvalue weighted by Crippen LogP contribution is 2.09. The summed E-state index contributed by atoms with van der Waals surface area (Å²) in [4.78, 5) is 20.0. The van der Waals surface area contributed by atoms with Crippen LogP contribution in [0.1, 0.15) is 16.7 Å². The fourth-order valence-corrected chi connectivity index (χ4v) is 2.25. The molecule has 134 valence electrons. The van der Waals surface area contributed by atoms with Crippen LogP contribution in [-0.2, 0) is 11.3 Å². The molecule has 1 aromatic heterocycles. The first-order chi connectivity index (χ1) is 11.6. The van der Waals surface area contributed by atoms with Gasteiger partial charge in [0, 0.05) is 19.8 Å². The van der Waals surface area contributed by atoms with E-state index in [1.165, 1.54) is 16.7 Å². The molecule has 25 heavy (non-hydrogen) atoms. The van der Waals surface area contributed by atoms with Crippen LogP contribution in [0.25, 0.3) is 0 Å². The first-order valence-electron chi connectivity index (χ1n) is 7.79. The number of pyridine rings is 1. The average molecular weight is 453 g/mol. The highest BCUT2D eigenvalue weighted by atomic mass is 127. The number of amides is 1. The van der Waals surface area contributed by atoms with Crippen LogP contribution in [0, 0.1) is 13.8 Å². The smallest absolute Gasteiger partial charge is 0.243 e. The molecule has 0 radical (unpaired) electrons. The van der Waals surface area contributed by atoms with E-state index in [2.05, 4.69) is 58.0 Å². The van der Waals surface area contributed by atoms with Gasteiger partial charge in [-0.15, -0.1) is 24.0 Å². The molecule has 7 heteroatoms. The Morgan fingerprint density at radius 1 is 1.20 bits per heavy atom. The molecule has 2 rings (SSSR count). The van der Waals surface area contributed by atoms with E-state index in [0.717, 1.165) is 0 Å². The molecule has 0 unspecified atom stereocenters. The summed E-state index contributed by atoms with van der Waals surface area (Å²) in [5.74, 6) is 0.425. The van der Waals surface area contributed by atoms with Crippen LogP contribution in [0.2, 0.25) is 0 Å². The third-order valence-electron chi connectivity index (χ3n) is 3.53. The summed E-state index contributed by atoms with van der Waals surface area (Å²) < 4.78 is 0. The Hall–Kier alpha value is -2.16. The first kappa shape index (κ1) is 20.9. The third kappa shape index (κ3) is 7.08. The number of benzene rings is 1. The molecule has 3 N–H and O–H groups in total. The lowest BCUT2D eigenvalue weighted by atomic mass is 10.1. The Kier molecular flexibility index (Phi) is 8.90. The predicted molar refractivity (Wildman–Crippen MR) is 112 cm³/mol. The van der Waals surface area contributed by atoms with E-state index in [0.29, 0.717) is 18.2 Å². The summed E-state index contributed by atoms with van der Waals surface area (Å²) >= 11 is 0. The van der Waals surface area contributed by atoms with E-state index in [9.17, 15) is 4.79 Å². The van der Waals surface area contributed by atoms with E-state index in [1.807, 2.05) is 0 Å². The molecular formula is C18H24IN5O. The Labute approximate surface area is 165 Å². The third-order valence-corrected chi connectivity index (χ3v) is 3.53. The quantitative estimate of drug-likeness (QED) is 0.370. The summed E-state index contributed by atoms with van der Waals surface area (Å²) in [6.45, 7) is 4.94. The van der Waals surface area contributed by atoms with E-state index in [1.54, 1.807) is 31.6 Å². The van der Waals surface area contributed by atoms with Crippen molar-refractivity contribution in [2.75, 3.05) is 18.9 Å². The standard InChI is InChI=1S/C18H23N5O.HI/c1-13-6-7-15(14(2)9-13)10-21-18(19-3)22-12-17(24)23-16-5-4-8-20-11-16;/h4-9,11H,10,12H2,1-3H3,(H,23,24)(H2,19,21,22);1H. The number of aryl methyl sites for hydroxylation is 2. The molecule has 0 bridgehead atoms. The minimum Gasteiger partial charge on any atom is -0.352 e. The van der Waals surface area contributed by atoms with Gasteiger partial charge in [0.05, 0.1) is 18.4 Å². The topological polar surface area (TPSA) is 78.4 Å². The monoisotopic (exact) mass is 453 g/mol. The number of hydrogen-bond donors (Lipinski definition) is 3. The van der Waals surface area contributed by atoms with Crippen LogP contribution in [0.3, 0.4) is 0 Å². The normalized spacial score (nSPS) is 10.6. The van der Waals surface area contributed by atoms with Crippen molar-refractivity contribution in [2.45, 2.75) is 20.4 Å². The summed E-state index contributed by atoms with van der Waals surface area (Å²) in [7, 11) is 1.68. The minimum atomic E-state index is -0.155. The number of guanidine groups is 1. The molecular weight excluding hydrogens is 429 g/mol. The number of nitrogens with zero attached hydrogens (tertiary/aromatic N) is 2. The second-order valence-corrected chi connectivity index (χ2v) is 5.50. The van der Waals surface area contributed by atoms with Crippen molar-refractivity contribution in [1.29, 1.82) is 0 Å². The summed E-state index contributed by atoms with van der Waals surface area (Å²) in [6.07, 6.45) is 3.26. The van der Waals surface area contributed by atoms with Crippen molar-refractivity contribution < 1.29 is 4.79 Å². The Morgan fingerprint density at radius 3 is 2.64 bits per heavy atom. The highest BCUT2D eigenvalue weighted by Gasteiger charge is 2.05. The van der Waals surface area contributed by atoms with Crippen molar-refractivity contribution in [3.05, 3.63) is 59.4 Å². The number of anilines is 1. The molecule has 1 heterocycles. The largest absolute Gasteiger partial charge is 0.352 e. The predicted octanol–water partition coefficient (Wildman–Crippen LogP) is 2.62. The SMILES string of the molecule is CN=C(NCC(=O)Nc1cccnc1)NCc1ccc(C)cc1C.I. The van der Waals surface area contributed by atoms with E-state index < -0.39 is 0 Å². The molecule has 0 atom stereocenters. The summed E-state index contributed by atoms with van der Waals surface area (Å²) in [6, 6.07) is 9.89. The van der Waals surface area contributed by atoms with Crippen LogP contribution in [0.15, 0.2) is 47.7 Å². The second kappa shape index (κ2) is 10.7. The van der Waals surface area contributed by atoms with Crippen LogP contribution >= 0.6 is 24.0 Å². The molecule has 0 saturated heterocycles. The van der Waals surface area contributed by atoms with Gasteiger partial charge < -0.3 is 16.0 Å². The minimum absolute atomic E-state index is 0. The molecule has 0 aliphatic carbocycles. The molecule has 0 saturated carbocycles. The van der Waals surface area contributed by atoms with Gasteiger partial charge in [0.1, 0.15) is 0 Å². The summed E-state index contributed by atoms with van der Waals surface area (Å²) in [5, 5.41) is 8.97. The van der Waals surface area contributed by atoms with Gasteiger partial charge in [0.25, 0.3) is 0 Å². The number of carbonyl (C=O) groups is 1. The van der Waals surface area contributed by atoms with Crippen LogP contribution in [-0.4, -0.2) is 30.4 Å². The van der Waals surface area contributed by atoms with Gasteiger partial charge in [0.15, 0.2) is 5.96 Å². The van der Waals surface area contributed by atoms with E-state index >= 15 is 0 Å². The maximum atomic E-state index is 11.9. The molecule has 6 nitrogen and oxygen atoms in total. The molecule has 0 fully saturated rings. The Morgan fingerprint density at radius 2 is 2.00 bits per heavy atom. The van der Waals surface area contributed by atoms with Gasteiger partial charge >= 0.3 is 0 Å². The maximum absolute atomic E-state index is 11.9. The number of hydrogen-bond acceptors (Lipinski definition) is 3. The fraction of sp³-hybridized carbons (Fsp3) is 0.278. The van der Waals surface area contributed by atoms with Crippen molar-refractivity contribution >= 4 is 41.5 Å².